The van der Waals surface area contributed by atoms with Crippen LogP contribution in [0, 0.1) is 0 Å². The van der Waals surface area contributed by atoms with Crippen LogP contribution < -0.4 is 10.7 Å². The molecule has 0 spiro atoms. The minimum atomic E-state index is -0.236. The lowest BCUT2D eigenvalue weighted by atomic mass is 10.2. The average molecular weight is 251 g/mol. The number of aromatic nitrogens is 2. The first-order valence-corrected chi connectivity index (χ1v) is 6.04. The van der Waals surface area contributed by atoms with E-state index in [0.717, 1.165) is 0 Å². The minimum absolute atomic E-state index is 0.187. The smallest absolute Gasteiger partial charge is 0.286 e. The van der Waals surface area contributed by atoms with E-state index in [9.17, 15) is 4.79 Å². The van der Waals surface area contributed by atoms with Crippen LogP contribution in [-0.2, 0) is 0 Å². The Morgan fingerprint density at radius 1 is 1.44 bits per heavy atom. The molecule has 2 N–H and O–H groups in total. The number of hydrogen-bond acceptors (Lipinski definition) is 5. The van der Waals surface area contributed by atoms with Crippen LogP contribution in [0.4, 0.5) is 5.69 Å². The van der Waals surface area contributed by atoms with Gasteiger partial charge in [0.05, 0.1) is 11.9 Å². The first kappa shape index (κ1) is 14.4. The molecule has 100 valence electrons. The molecule has 1 aromatic heterocycles. The van der Waals surface area contributed by atoms with Gasteiger partial charge in [0.1, 0.15) is 5.82 Å². The summed E-state index contributed by atoms with van der Waals surface area (Å²) in [6.07, 6.45) is 1.66. The van der Waals surface area contributed by atoms with Crippen molar-refractivity contribution < 1.29 is 4.79 Å². The van der Waals surface area contributed by atoms with Gasteiger partial charge in [-0.1, -0.05) is 13.8 Å². The normalized spacial score (nSPS) is 10.8. The molecule has 0 atom stereocenters. The van der Waals surface area contributed by atoms with Crippen LogP contribution in [0.1, 0.15) is 43.0 Å². The summed E-state index contributed by atoms with van der Waals surface area (Å²) in [6.45, 7) is 6.67. The Hall–Kier alpha value is -1.69. The van der Waals surface area contributed by atoms with Gasteiger partial charge in [0.2, 0.25) is 0 Å². The Kier molecular flexibility index (Phi) is 5.03. The summed E-state index contributed by atoms with van der Waals surface area (Å²) in [6, 6.07) is 0. The van der Waals surface area contributed by atoms with Gasteiger partial charge in [-0.3, -0.25) is 10.2 Å². The highest BCUT2D eigenvalue weighted by Crippen LogP contribution is 2.16. The predicted molar refractivity (Wildman–Crippen MR) is 71.4 cm³/mol. The highest BCUT2D eigenvalue weighted by atomic mass is 16.2. The van der Waals surface area contributed by atoms with Gasteiger partial charge >= 0.3 is 0 Å². The SMILES string of the molecule is CCNc1cnc(C(C)C)nc1C(=O)NN(C)C. The zero-order valence-electron chi connectivity index (χ0n) is 11.6. The summed E-state index contributed by atoms with van der Waals surface area (Å²) in [5, 5.41) is 4.68. The molecule has 0 saturated heterocycles. The van der Waals surface area contributed by atoms with Crippen molar-refractivity contribution in [2.75, 3.05) is 26.0 Å². The lowest BCUT2D eigenvalue weighted by Crippen LogP contribution is -2.37. The fourth-order valence-corrected chi connectivity index (χ4v) is 1.42. The molecule has 0 aliphatic carbocycles. The monoisotopic (exact) mass is 251 g/mol. The van der Waals surface area contributed by atoms with E-state index in [0.29, 0.717) is 23.8 Å². The predicted octanol–water partition coefficient (Wildman–Crippen LogP) is 1.24. The third kappa shape index (κ3) is 3.66. The van der Waals surface area contributed by atoms with Crippen LogP contribution in [0.25, 0.3) is 0 Å². The number of nitrogens with zero attached hydrogens (tertiary/aromatic N) is 3. The number of hydrazine groups is 1. The van der Waals surface area contributed by atoms with Crippen molar-refractivity contribution in [1.82, 2.24) is 20.4 Å². The number of nitrogens with one attached hydrogen (secondary N) is 2. The molecule has 6 nitrogen and oxygen atoms in total. The number of carbonyl (C=O) groups is 1. The van der Waals surface area contributed by atoms with Gasteiger partial charge < -0.3 is 5.32 Å². The lowest BCUT2D eigenvalue weighted by molar-refractivity contribution is 0.0852. The number of rotatable bonds is 5. The quantitative estimate of drug-likeness (QED) is 0.770. The standard InChI is InChI=1S/C12H21N5O/c1-6-13-9-7-14-11(8(2)3)15-10(9)12(18)16-17(4)5/h7-8,13H,6H2,1-5H3,(H,16,18). The summed E-state index contributed by atoms with van der Waals surface area (Å²) in [7, 11) is 3.52. The number of anilines is 1. The first-order valence-electron chi connectivity index (χ1n) is 6.04. The maximum Gasteiger partial charge on any atom is 0.286 e. The average Bonchev–Trinajstić information content (AvgIpc) is 2.28. The molecule has 1 heterocycles. The van der Waals surface area contributed by atoms with Crippen molar-refractivity contribution in [2.45, 2.75) is 26.7 Å². The number of carbonyl (C=O) groups excluding carboxylic acids is 1. The third-order valence-electron chi connectivity index (χ3n) is 2.23. The van der Waals surface area contributed by atoms with Gasteiger partial charge in [-0.15, -0.1) is 0 Å². The Bertz CT molecular complexity index is 417. The third-order valence-corrected chi connectivity index (χ3v) is 2.23. The van der Waals surface area contributed by atoms with E-state index < -0.39 is 0 Å². The molecule has 1 amide bonds. The summed E-state index contributed by atoms with van der Waals surface area (Å²) in [4.78, 5) is 20.6. The Morgan fingerprint density at radius 3 is 2.61 bits per heavy atom. The fourth-order valence-electron chi connectivity index (χ4n) is 1.42. The second kappa shape index (κ2) is 6.30. The molecular formula is C12H21N5O. The molecule has 0 unspecified atom stereocenters. The largest absolute Gasteiger partial charge is 0.382 e. The van der Waals surface area contributed by atoms with Crippen molar-refractivity contribution in [2.24, 2.45) is 0 Å². The van der Waals surface area contributed by atoms with E-state index in [2.05, 4.69) is 20.7 Å². The molecule has 1 rings (SSSR count). The van der Waals surface area contributed by atoms with Crippen LogP contribution in [0.15, 0.2) is 6.20 Å². The number of amides is 1. The highest BCUT2D eigenvalue weighted by Gasteiger charge is 2.16. The van der Waals surface area contributed by atoms with Gasteiger partial charge in [-0.05, 0) is 6.92 Å². The second-order valence-electron chi connectivity index (χ2n) is 4.51. The summed E-state index contributed by atoms with van der Waals surface area (Å²) >= 11 is 0. The Labute approximate surface area is 108 Å². The van der Waals surface area contributed by atoms with Crippen LogP contribution in [0.3, 0.4) is 0 Å². The fraction of sp³-hybridized carbons (Fsp3) is 0.583. The molecule has 1 aromatic rings. The number of hydrogen-bond donors (Lipinski definition) is 2. The maximum absolute atomic E-state index is 12.0. The topological polar surface area (TPSA) is 70.1 Å². The van der Waals surface area contributed by atoms with Crippen LogP contribution in [0.5, 0.6) is 0 Å². The van der Waals surface area contributed by atoms with E-state index in [1.165, 1.54) is 0 Å². The first-order chi connectivity index (χ1) is 8.45. The molecule has 6 heteroatoms. The van der Waals surface area contributed by atoms with Crippen LogP contribution in [0.2, 0.25) is 0 Å². The maximum atomic E-state index is 12.0. The summed E-state index contributed by atoms with van der Waals surface area (Å²) < 4.78 is 0. The molecule has 0 saturated carbocycles. The van der Waals surface area contributed by atoms with E-state index in [4.69, 9.17) is 0 Å². The zero-order chi connectivity index (χ0) is 13.7. The molecule has 0 radical (unpaired) electrons. The van der Waals surface area contributed by atoms with Crippen molar-refractivity contribution in [3.8, 4) is 0 Å². The van der Waals surface area contributed by atoms with E-state index in [-0.39, 0.29) is 11.8 Å². The zero-order valence-corrected chi connectivity index (χ0v) is 11.6. The van der Waals surface area contributed by atoms with Crippen molar-refractivity contribution >= 4 is 11.6 Å². The van der Waals surface area contributed by atoms with E-state index in [1.54, 1.807) is 25.3 Å². The second-order valence-corrected chi connectivity index (χ2v) is 4.51. The molecule has 0 aromatic carbocycles. The Morgan fingerprint density at radius 2 is 2.11 bits per heavy atom. The molecule has 0 aliphatic rings. The van der Waals surface area contributed by atoms with Crippen molar-refractivity contribution in [1.29, 1.82) is 0 Å². The van der Waals surface area contributed by atoms with E-state index in [1.807, 2.05) is 20.8 Å². The van der Waals surface area contributed by atoms with Gasteiger partial charge in [-0.2, -0.15) is 0 Å². The van der Waals surface area contributed by atoms with E-state index >= 15 is 0 Å². The molecule has 0 aliphatic heterocycles. The van der Waals surface area contributed by atoms with Gasteiger partial charge in [0, 0.05) is 26.6 Å². The van der Waals surface area contributed by atoms with Gasteiger partial charge in [0.25, 0.3) is 5.91 Å². The van der Waals surface area contributed by atoms with Crippen molar-refractivity contribution in [3.63, 3.8) is 0 Å². The molecular weight excluding hydrogens is 230 g/mol. The molecule has 18 heavy (non-hydrogen) atoms. The Balaban J connectivity index is 3.10. The summed E-state index contributed by atoms with van der Waals surface area (Å²) in [5.74, 6) is 0.618. The lowest BCUT2D eigenvalue weighted by Gasteiger charge is -2.15. The van der Waals surface area contributed by atoms with Gasteiger partial charge in [-0.25, -0.2) is 15.0 Å². The highest BCUT2D eigenvalue weighted by molar-refractivity contribution is 5.97. The molecule has 0 bridgehead atoms. The van der Waals surface area contributed by atoms with Crippen molar-refractivity contribution in [3.05, 3.63) is 17.7 Å². The minimum Gasteiger partial charge on any atom is -0.382 e. The van der Waals surface area contributed by atoms with Crippen LogP contribution in [-0.4, -0.2) is 41.5 Å². The summed E-state index contributed by atoms with van der Waals surface area (Å²) in [5.41, 5.74) is 3.72. The van der Waals surface area contributed by atoms with Crippen LogP contribution >= 0.6 is 0 Å². The molecule has 0 fully saturated rings. The van der Waals surface area contributed by atoms with Gasteiger partial charge in [0.15, 0.2) is 5.69 Å².